The van der Waals surface area contributed by atoms with Gasteiger partial charge >= 0.3 is 0 Å². The van der Waals surface area contributed by atoms with Crippen LogP contribution < -0.4 is 0 Å². The number of likely N-dealkylation sites (tertiary alicyclic amines) is 2. The molecule has 2 saturated heterocycles. The Kier molecular flexibility index (Phi) is 5.13. The third kappa shape index (κ3) is 4.06. The van der Waals surface area contributed by atoms with E-state index in [9.17, 15) is 18.4 Å². The second-order valence-electron chi connectivity index (χ2n) is 7.32. The molecular weight excluding hydrogens is 388 g/mol. The second-order valence-corrected chi connectivity index (χ2v) is 8.35. The Balaban J connectivity index is 1.44. The first-order chi connectivity index (χ1) is 13.4. The number of nitrogens with zero attached hydrogens (tertiary/aromatic N) is 5. The SMILES string of the molecule is O=C(c1cn(C[C@@H]2CC(F)(F)CN2C(=O)Cc2cccs2)nn1)N1CCCC1. The van der Waals surface area contributed by atoms with Gasteiger partial charge in [-0.3, -0.25) is 9.59 Å². The number of hydrogen-bond donors (Lipinski definition) is 0. The van der Waals surface area contributed by atoms with E-state index in [1.54, 1.807) is 4.90 Å². The molecule has 0 radical (unpaired) electrons. The van der Waals surface area contributed by atoms with Gasteiger partial charge in [-0.1, -0.05) is 11.3 Å². The van der Waals surface area contributed by atoms with Gasteiger partial charge in [0, 0.05) is 24.4 Å². The van der Waals surface area contributed by atoms with Gasteiger partial charge in [0.1, 0.15) is 0 Å². The maximum absolute atomic E-state index is 14.0. The van der Waals surface area contributed by atoms with Crippen molar-refractivity contribution in [1.82, 2.24) is 24.8 Å². The molecule has 2 amide bonds. The van der Waals surface area contributed by atoms with E-state index in [-0.39, 0.29) is 30.5 Å². The molecule has 2 aromatic heterocycles. The Morgan fingerprint density at radius 3 is 2.79 bits per heavy atom. The Labute approximate surface area is 164 Å². The monoisotopic (exact) mass is 409 g/mol. The first kappa shape index (κ1) is 19.0. The number of thiophene rings is 1. The highest BCUT2D eigenvalue weighted by Crippen LogP contribution is 2.33. The molecule has 0 aliphatic carbocycles. The summed E-state index contributed by atoms with van der Waals surface area (Å²) in [6.07, 6.45) is 3.12. The van der Waals surface area contributed by atoms with Crippen LogP contribution in [0.5, 0.6) is 0 Å². The minimum atomic E-state index is -2.93. The minimum absolute atomic E-state index is 0.0893. The van der Waals surface area contributed by atoms with Crippen molar-refractivity contribution < 1.29 is 18.4 Å². The van der Waals surface area contributed by atoms with Gasteiger partial charge in [0.25, 0.3) is 11.8 Å². The summed E-state index contributed by atoms with van der Waals surface area (Å²) in [5, 5.41) is 9.68. The van der Waals surface area contributed by atoms with Gasteiger partial charge in [0.05, 0.1) is 31.7 Å². The van der Waals surface area contributed by atoms with Crippen LogP contribution in [0.15, 0.2) is 23.7 Å². The van der Waals surface area contributed by atoms with Gasteiger partial charge in [-0.05, 0) is 24.3 Å². The van der Waals surface area contributed by atoms with Crippen molar-refractivity contribution in [1.29, 1.82) is 0 Å². The quantitative estimate of drug-likeness (QED) is 0.758. The lowest BCUT2D eigenvalue weighted by Crippen LogP contribution is -2.39. The van der Waals surface area contributed by atoms with E-state index >= 15 is 0 Å². The molecule has 4 rings (SSSR count). The number of carbonyl (C=O) groups is 2. The molecule has 2 aromatic rings. The predicted octanol–water partition coefficient (Wildman–Crippen LogP) is 2.05. The molecule has 150 valence electrons. The van der Waals surface area contributed by atoms with E-state index in [0.29, 0.717) is 13.1 Å². The molecule has 1 atom stereocenters. The van der Waals surface area contributed by atoms with Crippen LogP contribution in [0.2, 0.25) is 0 Å². The van der Waals surface area contributed by atoms with Crippen molar-refractivity contribution in [2.75, 3.05) is 19.6 Å². The normalized spacial score (nSPS) is 21.4. The van der Waals surface area contributed by atoms with E-state index in [4.69, 9.17) is 0 Å². The van der Waals surface area contributed by atoms with Gasteiger partial charge in [0.2, 0.25) is 5.91 Å². The molecule has 0 saturated carbocycles. The lowest BCUT2D eigenvalue weighted by molar-refractivity contribution is -0.132. The molecule has 10 heteroatoms. The second kappa shape index (κ2) is 7.57. The molecular formula is C18H21F2N5O2S. The molecule has 7 nitrogen and oxygen atoms in total. The van der Waals surface area contributed by atoms with Gasteiger partial charge in [-0.15, -0.1) is 16.4 Å². The maximum Gasteiger partial charge on any atom is 0.276 e. The van der Waals surface area contributed by atoms with E-state index in [2.05, 4.69) is 10.3 Å². The number of carbonyl (C=O) groups excluding carboxylic acids is 2. The zero-order valence-electron chi connectivity index (χ0n) is 15.3. The number of rotatable bonds is 5. The van der Waals surface area contributed by atoms with Crippen molar-refractivity contribution in [2.45, 2.75) is 44.2 Å². The first-order valence-electron chi connectivity index (χ1n) is 9.30. The summed E-state index contributed by atoms with van der Waals surface area (Å²) in [5.41, 5.74) is 0.211. The van der Waals surface area contributed by atoms with Crippen molar-refractivity contribution in [3.8, 4) is 0 Å². The maximum atomic E-state index is 14.0. The fourth-order valence-corrected chi connectivity index (χ4v) is 4.50. The van der Waals surface area contributed by atoms with Crippen molar-refractivity contribution in [2.24, 2.45) is 0 Å². The summed E-state index contributed by atoms with van der Waals surface area (Å²) in [7, 11) is 0. The first-order valence-corrected chi connectivity index (χ1v) is 10.2. The zero-order valence-corrected chi connectivity index (χ0v) is 16.1. The van der Waals surface area contributed by atoms with Crippen LogP contribution in [0.1, 0.15) is 34.6 Å². The van der Waals surface area contributed by atoms with Crippen LogP contribution in [-0.2, 0) is 17.8 Å². The molecule has 0 N–H and O–H groups in total. The topological polar surface area (TPSA) is 71.3 Å². The van der Waals surface area contributed by atoms with Crippen LogP contribution in [0.25, 0.3) is 0 Å². The summed E-state index contributed by atoms with van der Waals surface area (Å²) in [4.78, 5) is 28.8. The number of alkyl halides is 2. The van der Waals surface area contributed by atoms with Crippen LogP contribution in [0.4, 0.5) is 8.78 Å². The molecule has 2 fully saturated rings. The summed E-state index contributed by atoms with van der Waals surface area (Å²) >= 11 is 1.43. The van der Waals surface area contributed by atoms with Gasteiger partial charge in [-0.25, -0.2) is 13.5 Å². The lowest BCUT2D eigenvalue weighted by atomic mass is 10.2. The fraction of sp³-hybridized carbons (Fsp3) is 0.556. The van der Waals surface area contributed by atoms with Crippen LogP contribution in [0, 0.1) is 0 Å². The van der Waals surface area contributed by atoms with Gasteiger partial charge in [0.15, 0.2) is 5.69 Å². The van der Waals surface area contributed by atoms with Crippen LogP contribution in [-0.4, -0.2) is 68.2 Å². The third-order valence-electron chi connectivity index (χ3n) is 5.15. The highest BCUT2D eigenvalue weighted by atomic mass is 32.1. The number of hydrogen-bond acceptors (Lipinski definition) is 5. The minimum Gasteiger partial charge on any atom is -0.337 e. The summed E-state index contributed by atoms with van der Waals surface area (Å²) < 4.78 is 29.4. The Hall–Kier alpha value is -2.36. The molecule has 2 aliphatic rings. The third-order valence-corrected chi connectivity index (χ3v) is 6.03. The molecule has 28 heavy (non-hydrogen) atoms. The van der Waals surface area contributed by atoms with E-state index in [1.807, 2.05) is 17.5 Å². The molecule has 0 unspecified atom stereocenters. The summed E-state index contributed by atoms with van der Waals surface area (Å²) in [5.74, 6) is -3.44. The Morgan fingerprint density at radius 1 is 1.29 bits per heavy atom. The number of amides is 2. The van der Waals surface area contributed by atoms with E-state index in [1.165, 1.54) is 27.1 Å². The van der Waals surface area contributed by atoms with Gasteiger partial charge in [-0.2, -0.15) is 0 Å². The highest BCUT2D eigenvalue weighted by Gasteiger charge is 2.47. The lowest BCUT2D eigenvalue weighted by Gasteiger charge is -2.23. The van der Waals surface area contributed by atoms with Crippen molar-refractivity contribution in [3.05, 3.63) is 34.3 Å². The Morgan fingerprint density at radius 2 is 2.07 bits per heavy atom. The zero-order chi connectivity index (χ0) is 19.7. The predicted molar refractivity (Wildman–Crippen MR) is 98.2 cm³/mol. The molecule has 4 heterocycles. The number of halogens is 2. The van der Waals surface area contributed by atoms with E-state index in [0.717, 1.165) is 17.7 Å². The summed E-state index contributed by atoms with van der Waals surface area (Å²) in [6.45, 7) is 0.902. The highest BCUT2D eigenvalue weighted by molar-refractivity contribution is 7.10. The smallest absolute Gasteiger partial charge is 0.276 e. The largest absolute Gasteiger partial charge is 0.337 e. The van der Waals surface area contributed by atoms with Crippen molar-refractivity contribution >= 4 is 23.2 Å². The number of aromatic nitrogens is 3. The standard InChI is InChI=1S/C18H21F2N5O2S/c19-18(20)9-13(25(12-18)16(26)8-14-4-3-7-28-14)10-24-11-15(21-22-24)17(27)23-5-1-2-6-23/h3-4,7,11,13H,1-2,5-6,8-10,12H2/t13-/m0/s1. The van der Waals surface area contributed by atoms with Crippen molar-refractivity contribution in [3.63, 3.8) is 0 Å². The molecule has 2 aliphatic heterocycles. The Bertz CT molecular complexity index is 848. The fourth-order valence-electron chi connectivity index (χ4n) is 3.80. The van der Waals surface area contributed by atoms with Crippen LogP contribution in [0.3, 0.4) is 0 Å². The average molecular weight is 409 g/mol. The summed E-state index contributed by atoms with van der Waals surface area (Å²) in [6, 6.07) is 2.97. The molecule has 0 spiro atoms. The molecule has 0 aromatic carbocycles. The average Bonchev–Trinajstić information content (AvgIpc) is 3.42. The van der Waals surface area contributed by atoms with E-state index < -0.39 is 24.9 Å². The molecule has 0 bridgehead atoms. The van der Waals surface area contributed by atoms with Gasteiger partial charge < -0.3 is 9.80 Å². The van der Waals surface area contributed by atoms with Crippen LogP contribution >= 0.6 is 11.3 Å².